The summed E-state index contributed by atoms with van der Waals surface area (Å²) in [4.78, 5) is 6.71. The standard InChI is InChI=1S/C7H13N3O4S2/c1-15(11,12)6-16(13,14)10-3-2-7-8-4-5-9-7/h4-5,10H,2-3,6H2,1H3,(H,8,9). The fraction of sp³-hybridized carbons (Fsp3) is 0.571. The molecule has 0 aliphatic heterocycles. The van der Waals surface area contributed by atoms with Crippen LogP contribution in [0.5, 0.6) is 0 Å². The smallest absolute Gasteiger partial charge is 0.226 e. The van der Waals surface area contributed by atoms with Crippen LogP contribution in [-0.2, 0) is 26.3 Å². The molecule has 0 bridgehead atoms. The summed E-state index contributed by atoms with van der Waals surface area (Å²) < 4.78 is 46.3. The monoisotopic (exact) mass is 267 g/mol. The number of H-pyrrole nitrogens is 1. The zero-order chi connectivity index (χ0) is 12.2. The summed E-state index contributed by atoms with van der Waals surface area (Å²) in [6.07, 6.45) is 4.44. The van der Waals surface area contributed by atoms with Gasteiger partial charge in [0.2, 0.25) is 10.0 Å². The number of sulfone groups is 1. The van der Waals surface area contributed by atoms with Gasteiger partial charge in [-0.3, -0.25) is 0 Å². The Bertz CT molecular complexity index is 518. The average Bonchev–Trinajstić information content (AvgIpc) is 2.51. The van der Waals surface area contributed by atoms with Crippen LogP contribution in [0, 0.1) is 0 Å². The van der Waals surface area contributed by atoms with Gasteiger partial charge in [0.25, 0.3) is 0 Å². The van der Waals surface area contributed by atoms with Gasteiger partial charge < -0.3 is 4.98 Å². The Morgan fingerprint density at radius 3 is 2.56 bits per heavy atom. The molecule has 0 aliphatic rings. The van der Waals surface area contributed by atoms with E-state index < -0.39 is 24.9 Å². The third-order valence-electron chi connectivity index (χ3n) is 1.61. The first-order valence-corrected chi connectivity index (χ1v) is 8.13. The summed E-state index contributed by atoms with van der Waals surface area (Å²) in [5.74, 6) is 0.641. The molecule has 7 nitrogen and oxygen atoms in total. The molecule has 9 heteroatoms. The van der Waals surface area contributed by atoms with Crippen LogP contribution in [0.15, 0.2) is 12.4 Å². The lowest BCUT2D eigenvalue weighted by molar-refractivity contribution is 0.580. The third-order valence-corrected chi connectivity index (χ3v) is 5.21. The first-order chi connectivity index (χ1) is 7.29. The van der Waals surface area contributed by atoms with Crippen molar-refractivity contribution in [2.24, 2.45) is 0 Å². The second-order valence-corrected chi connectivity index (χ2v) is 7.65. The maximum atomic E-state index is 11.3. The van der Waals surface area contributed by atoms with E-state index in [2.05, 4.69) is 14.7 Å². The van der Waals surface area contributed by atoms with E-state index in [1.165, 1.54) is 0 Å². The summed E-state index contributed by atoms with van der Waals surface area (Å²) in [6, 6.07) is 0. The zero-order valence-electron chi connectivity index (χ0n) is 8.67. The molecule has 0 fully saturated rings. The minimum atomic E-state index is -3.77. The Kier molecular flexibility index (Phi) is 4.05. The Hall–Kier alpha value is -0.930. The number of nitrogens with zero attached hydrogens (tertiary/aromatic N) is 1. The molecular weight excluding hydrogens is 254 g/mol. The highest BCUT2D eigenvalue weighted by Gasteiger charge is 2.17. The molecule has 0 saturated heterocycles. The highest BCUT2D eigenvalue weighted by atomic mass is 32.3. The van der Waals surface area contributed by atoms with Crippen LogP contribution >= 0.6 is 0 Å². The number of imidazole rings is 1. The van der Waals surface area contributed by atoms with Gasteiger partial charge in [-0.15, -0.1) is 0 Å². The summed E-state index contributed by atoms with van der Waals surface area (Å²) in [6.45, 7) is 0.116. The van der Waals surface area contributed by atoms with Gasteiger partial charge in [-0.25, -0.2) is 26.5 Å². The van der Waals surface area contributed by atoms with E-state index in [1.807, 2.05) is 0 Å². The highest BCUT2D eigenvalue weighted by Crippen LogP contribution is 1.93. The molecule has 0 amide bonds. The zero-order valence-corrected chi connectivity index (χ0v) is 10.3. The first-order valence-electron chi connectivity index (χ1n) is 4.42. The summed E-state index contributed by atoms with van der Waals surface area (Å²) in [7, 11) is -7.31. The Balaban J connectivity index is 2.43. The number of hydrogen-bond donors (Lipinski definition) is 2. The first kappa shape index (κ1) is 13.1. The van der Waals surface area contributed by atoms with Crippen LogP contribution in [0.4, 0.5) is 0 Å². The molecule has 0 spiro atoms. The Morgan fingerprint density at radius 2 is 2.06 bits per heavy atom. The number of aromatic nitrogens is 2. The topological polar surface area (TPSA) is 109 Å². The van der Waals surface area contributed by atoms with Gasteiger partial charge in [0.05, 0.1) is 0 Å². The van der Waals surface area contributed by atoms with Crippen LogP contribution < -0.4 is 4.72 Å². The molecule has 92 valence electrons. The minimum absolute atomic E-state index is 0.116. The molecule has 1 aromatic heterocycles. The van der Waals surface area contributed by atoms with E-state index in [4.69, 9.17) is 0 Å². The van der Waals surface area contributed by atoms with Crippen LogP contribution in [0.3, 0.4) is 0 Å². The van der Waals surface area contributed by atoms with Crippen molar-refractivity contribution in [3.05, 3.63) is 18.2 Å². The molecule has 0 unspecified atom stereocenters. The molecule has 0 aromatic carbocycles. The van der Waals surface area contributed by atoms with Gasteiger partial charge >= 0.3 is 0 Å². The predicted molar refractivity (Wildman–Crippen MR) is 58.9 cm³/mol. The SMILES string of the molecule is CS(=O)(=O)CS(=O)(=O)NCCc1ncc[nH]1. The lowest BCUT2D eigenvalue weighted by atomic mass is 10.4. The van der Waals surface area contributed by atoms with E-state index in [-0.39, 0.29) is 6.54 Å². The third kappa shape index (κ3) is 5.24. The number of aromatic amines is 1. The number of hydrogen-bond acceptors (Lipinski definition) is 5. The maximum absolute atomic E-state index is 11.3. The van der Waals surface area contributed by atoms with E-state index in [9.17, 15) is 16.8 Å². The van der Waals surface area contributed by atoms with Gasteiger partial charge in [0.1, 0.15) is 5.82 Å². The summed E-state index contributed by atoms with van der Waals surface area (Å²) in [5, 5.41) is -0.891. The molecule has 1 rings (SSSR count). The van der Waals surface area contributed by atoms with Crippen molar-refractivity contribution in [3.63, 3.8) is 0 Å². The van der Waals surface area contributed by atoms with Gasteiger partial charge in [-0.2, -0.15) is 0 Å². The Morgan fingerprint density at radius 1 is 1.38 bits per heavy atom. The molecule has 0 saturated carbocycles. The fourth-order valence-corrected chi connectivity index (χ4v) is 4.08. The second-order valence-electron chi connectivity index (χ2n) is 3.34. The lowest BCUT2D eigenvalue weighted by Crippen LogP contribution is -2.31. The molecular formula is C7H13N3O4S2. The van der Waals surface area contributed by atoms with E-state index in [0.29, 0.717) is 12.2 Å². The van der Waals surface area contributed by atoms with Gasteiger partial charge in [-0.1, -0.05) is 0 Å². The van der Waals surface area contributed by atoms with Crippen LogP contribution in [0.25, 0.3) is 0 Å². The van der Waals surface area contributed by atoms with Gasteiger partial charge in [-0.05, 0) is 0 Å². The van der Waals surface area contributed by atoms with Crippen molar-refractivity contribution in [3.8, 4) is 0 Å². The quantitative estimate of drug-likeness (QED) is 0.678. The largest absolute Gasteiger partial charge is 0.349 e. The van der Waals surface area contributed by atoms with E-state index >= 15 is 0 Å². The molecule has 16 heavy (non-hydrogen) atoms. The van der Waals surface area contributed by atoms with Crippen molar-refractivity contribution < 1.29 is 16.8 Å². The minimum Gasteiger partial charge on any atom is -0.349 e. The van der Waals surface area contributed by atoms with Gasteiger partial charge in [0.15, 0.2) is 14.9 Å². The van der Waals surface area contributed by atoms with Crippen molar-refractivity contribution in [2.75, 3.05) is 17.9 Å². The maximum Gasteiger partial charge on any atom is 0.226 e. The summed E-state index contributed by atoms with van der Waals surface area (Å²) >= 11 is 0. The summed E-state index contributed by atoms with van der Waals surface area (Å²) in [5.41, 5.74) is 0. The highest BCUT2D eigenvalue weighted by molar-refractivity contribution is 8.06. The Labute approximate surface area is 94.3 Å². The van der Waals surface area contributed by atoms with E-state index in [0.717, 1.165) is 6.26 Å². The molecule has 0 aliphatic carbocycles. The molecule has 2 N–H and O–H groups in total. The molecule has 1 heterocycles. The van der Waals surface area contributed by atoms with Crippen LogP contribution in [0.2, 0.25) is 0 Å². The van der Waals surface area contributed by atoms with Crippen molar-refractivity contribution in [1.82, 2.24) is 14.7 Å². The number of nitrogens with one attached hydrogen (secondary N) is 2. The van der Waals surface area contributed by atoms with Crippen molar-refractivity contribution in [2.45, 2.75) is 6.42 Å². The number of sulfonamides is 1. The van der Waals surface area contributed by atoms with Crippen LogP contribution in [0.1, 0.15) is 5.82 Å². The number of rotatable bonds is 6. The molecule has 0 radical (unpaired) electrons. The normalized spacial score (nSPS) is 12.8. The fourth-order valence-electron chi connectivity index (χ4n) is 1.08. The lowest BCUT2D eigenvalue weighted by Gasteiger charge is -2.04. The van der Waals surface area contributed by atoms with E-state index in [1.54, 1.807) is 12.4 Å². The second kappa shape index (κ2) is 4.93. The molecule has 0 atom stereocenters. The van der Waals surface area contributed by atoms with Gasteiger partial charge in [0, 0.05) is 31.6 Å². The predicted octanol–water partition coefficient (Wildman–Crippen LogP) is -1.13. The molecule has 1 aromatic rings. The van der Waals surface area contributed by atoms with Crippen molar-refractivity contribution in [1.29, 1.82) is 0 Å². The van der Waals surface area contributed by atoms with Crippen molar-refractivity contribution >= 4 is 19.9 Å². The average molecular weight is 267 g/mol. The van der Waals surface area contributed by atoms with Crippen LogP contribution in [-0.4, -0.2) is 44.7 Å².